The van der Waals surface area contributed by atoms with Crippen molar-refractivity contribution >= 4 is 23.5 Å². The topological polar surface area (TPSA) is 77.7 Å². The molecule has 2 aromatic carbocycles. The van der Waals surface area contributed by atoms with Crippen LogP contribution in [0, 0.1) is 0 Å². The normalized spacial score (nSPS) is 10.8. The molecule has 0 fully saturated rings. The van der Waals surface area contributed by atoms with Crippen LogP contribution in [-0.2, 0) is 0 Å². The van der Waals surface area contributed by atoms with Gasteiger partial charge in [0, 0.05) is 0 Å². The van der Waals surface area contributed by atoms with Crippen LogP contribution in [-0.4, -0.2) is 30.2 Å². The molecule has 0 aliphatic heterocycles. The number of benzene rings is 2. The van der Waals surface area contributed by atoms with Crippen molar-refractivity contribution in [3.63, 3.8) is 0 Å². The molecule has 27 heavy (non-hydrogen) atoms. The zero-order valence-corrected chi connectivity index (χ0v) is 15.5. The first-order valence-corrected chi connectivity index (χ1v) is 8.36. The van der Waals surface area contributed by atoms with E-state index >= 15 is 0 Å². The molecular weight excluding hydrogens is 368 g/mol. The number of aromatic nitrogens is 2. The summed E-state index contributed by atoms with van der Waals surface area (Å²) in [6, 6.07) is 14.4. The third-order valence-corrected chi connectivity index (χ3v) is 4.09. The number of nitrogens with one attached hydrogen (secondary N) is 1. The molecule has 3 aromatic rings. The molecule has 1 aromatic heterocycles. The van der Waals surface area contributed by atoms with Crippen LogP contribution in [0.2, 0.25) is 5.02 Å². The van der Waals surface area contributed by atoms with Crippen LogP contribution in [0.25, 0.3) is 5.69 Å². The Labute approximate surface area is 160 Å². The number of methoxy groups -OCH3 is 2. The molecule has 7 nitrogen and oxygen atoms in total. The summed E-state index contributed by atoms with van der Waals surface area (Å²) >= 11 is 6.17. The van der Waals surface area contributed by atoms with Crippen LogP contribution in [0.5, 0.6) is 11.5 Å². The van der Waals surface area contributed by atoms with Gasteiger partial charge >= 0.3 is 0 Å². The van der Waals surface area contributed by atoms with Crippen LogP contribution < -0.4 is 20.5 Å². The van der Waals surface area contributed by atoms with E-state index < -0.39 is 5.56 Å². The number of hydrogen-bond acceptors (Lipinski definition) is 6. The second-order valence-electron chi connectivity index (χ2n) is 5.41. The fourth-order valence-corrected chi connectivity index (χ4v) is 2.54. The average Bonchev–Trinajstić information content (AvgIpc) is 2.71. The van der Waals surface area contributed by atoms with Crippen molar-refractivity contribution in [2.75, 3.05) is 19.6 Å². The van der Waals surface area contributed by atoms with Gasteiger partial charge in [-0.25, -0.2) is 0 Å². The fourth-order valence-electron chi connectivity index (χ4n) is 2.37. The number of para-hydroxylation sites is 1. The molecule has 0 unspecified atom stereocenters. The third-order valence-electron chi connectivity index (χ3n) is 3.73. The SMILES string of the molecule is COc1ccc(/C=N\Nc2cnn(-c3ccccc3)c(=O)c2Cl)cc1OC. The number of hydrazone groups is 1. The van der Waals surface area contributed by atoms with Gasteiger partial charge < -0.3 is 9.47 Å². The number of ether oxygens (including phenoxy) is 2. The lowest BCUT2D eigenvalue weighted by Crippen LogP contribution is -2.22. The van der Waals surface area contributed by atoms with E-state index in [1.165, 1.54) is 10.9 Å². The lowest BCUT2D eigenvalue weighted by molar-refractivity contribution is 0.355. The molecule has 0 radical (unpaired) electrons. The molecule has 138 valence electrons. The lowest BCUT2D eigenvalue weighted by atomic mass is 10.2. The number of hydrogen-bond donors (Lipinski definition) is 1. The molecule has 3 rings (SSSR count). The Hall–Kier alpha value is -3.32. The summed E-state index contributed by atoms with van der Waals surface area (Å²) in [5, 5.41) is 8.23. The van der Waals surface area contributed by atoms with Crippen LogP contribution in [0.3, 0.4) is 0 Å². The minimum absolute atomic E-state index is 0.00156. The van der Waals surface area contributed by atoms with Crippen LogP contribution in [0.15, 0.2) is 64.6 Å². The summed E-state index contributed by atoms with van der Waals surface area (Å²) < 4.78 is 11.7. The molecule has 0 saturated heterocycles. The summed E-state index contributed by atoms with van der Waals surface area (Å²) in [5.74, 6) is 1.21. The van der Waals surface area contributed by atoms with Gasteiger partial charge in [0.25, 0.3) is 5.56 Å². The van der Waals surface area contributed by atoms with Gasteiger partial charge in [0.15, 0.2) is 11.5 Å². The summed E-state index contributed by atoms with van der Waals surface area (Å²) in [6.45, 7) is 0. The molecule has 0 saturated carbocycles. The predicted molar refractivity (Wildman–Crippen MR) is 106 cm³/mol. The number of rotatable bonds is 6. The van der Waals surface area contributed by atoms with Crippen molar-refractivity contribution in [1.82, 2.24) is 9.78 Å². The van der Waals surface area contributed by atoms with E-state index in [2.05, 4.69) is 15.6 Å². The first-order chi connectivity index (χ1) is 13.1. The minimum atomic E-state index is -0.436. The molecule has 1 heterocycles. The van der Waals surface area contributed by atoms with Crippen molar-refractivity contribution in [3.8, 4) is 17.2 Å². The summed E-state index contributed by atoms with van der Waals surface area (Å²) in [4.78, 5) is 12.4. The Balaban J connectivity index is 1.80. The Morgan fingerprint density at radius 1 is 1.11 bits per heavy atom. The van der Waals surface area contributed by atoms with E-state index in [9.17, 15) is 4.79 Å². The first kappa shape index (κ1) is 18.5. The molecular formula is C19H17ClN4O3. The van der Waals surface area contributed by atoms with Gasteiger partial charge in [0.1, 0.15) is 10.7 Å². The summed E-state index contributed by atoms with van der Waals surface area (Å²) in [7, 11) is 3.13. The second-order valence-corrected chi connectivity index (χ2v) is 5.79. The Bertz CT molecular complexity index is 1020. The highest BCUT2D eigenvalue weighted by Crippen LogP contribution is 2.27. The summed E-state index contributed by atoms with van der Waals surface area (Å²) in [5.41, 5.74) is 4.02. The van der Waals surface area contributed by atoms with Gasteiger partial charge in [0.05, 0.1) is 32.3 Å². The second kappa shape index (κ2) is 8.37. The van der Waals surface area contributed by atoms with Crippen molar-refractivity contribution < 1.29 is 9.47 Å². The van der Waals surface area contributed by atoms with Crippen molar-refractivity contribution in [3.05, 3.63) is 75.7 Å². The highest BCUT2D eigenvalue weighted by molar-refractivity contribution is 6.32. The predicted octanol–water partition coefficient (Wildman–Crippen LogP) is 3.35. The standard InChI is InChI=1S/C19H17ClN4O3/c1-26-16-9-8-13(10-17(16)27-2)11-21-23-15-12-22-24(19(25)18(15)20)14-6-4-3-5-7-14/h3-12,23H,1-2H3/b21-11-. The van der Waals surface area contributed by atoms with Crippen molar-refractivity contribution in [1.29, 1.82) is 0 Å². The van der Waals surface area contributed by atoms with Gasteiger partial charge in [-0.05, 0) is 35.9 Å². The van der Waals surface area contributed by atoms with E-state index in [1.807, 2.05) is 24.3 Å². The molecule has 0 amide bonds. The van der Waals surface area contributed by atoms with E-state index in [1.54, 1.807) is 44.7 Å². The zero-order valence-electron chi connectivity index (χ0n) is 14.7. The molecule has 0 bridgehead atoms. The van der Waals surface area contributed by atoms with Crippen LogP contribution >= 0.6 is 11.6 Å². The molecule has 0 atom stereocenters. The van der Waals surface area contributed by atoms with E-state index in [0.717, 1.165) is 5.56 Å². The minimum Gasteiger partial charge on any atom is -0.493 e. The van der Waals surface area contributed by atoms with Gasteiger partial charge in [-0.15, -0.1) is 0 Å². The first-order valence-electron chi connectivity index (χ1n) is 7.98. The van der Waals surface area contributed by atoms with Crippen LogP contribution in [0.1, 0.15) is 5.56 Å². The Kier molecular flexibility index (Phi) is 5.73. The van der Waals surface area contributed by atoms with Crippen LogP contribution in [0.4, 0.5) is 5.69 Å². The molecule has 0 aliphatic carbocycles. The number of halogens is 1. The monoisotopic (exact) mass is 384 g/mol. The quantitative estimate of drug-likeness (QED) is 0.521. The van der Waals surface area contributed by atoms with Gasteiger partial charge in [-0.2, -0.15) is 14.9 Å². The maximum absolute atomic E-state index is 12.4. The van der Waals surface area contributed by atoms with E-state index in [4.69, 9.17) is 21.1 Å². The van der Waals surface area contributed by atoms with Gasteiger partial charge in [0.2, 0.25) is 0 Å². The molecule has 8 heteroatoms. The average molecular weight is 385 g/mol. The molecule has 1 N–H and O–H groups in total. The third kappa shape index (κ3) is 4.09. The summed E-state index contributed by atoms with van der Waals surface area (Å²) in [6.07, 6.45) is 3.02. The van der Waals surface area contributed by atoms with E-state index in [0.29, 0.717) is 22.9 Å². The largest absolute Gasteiger partial charge is 0.493 e. The van der Waals surface area contributed by atoms with E-state index in [-0.39, 0.29) is 5.02 Å². The molecule has 0 spiro atoms. The maximum Gasteiger partial charge on any atom is 0.292 e. The maximum atomic E-state index is 12.4. The number of anilines is 1. The van der Waals surface area contributed by atoms with Crippen molar-refractivity contribution in [2.24, 2.45) is 5.10 Å². The number of nitrogens with zero attached hydrogens (tertiary/aromatic N) is 3. The lowest BCUT2D eigenvalue weighted by Gasteiger charge is -2.08. The Morgan fingerprint density at radius 2 is 1.85 bits per heavy atom. The van der Waals surface area contributed by atoms with Gasteiger partial charge in [-0.1, -0.05) is 29.8 Å². The van der Waals surface area contributed by atoms with Gasteiger partial charge in [-0.3, -0.25) is 10.2 Å². The zero-order chi connectivity index (χ0) is 19.2. The highest BCUT2D eigenvalue weighted by atomic mass is 35.5. The fraction of sp³-hybridized carbons (Fsp3) is 0.105. The molecule has 0 aliphatic rings. The highest BCUT2D eigenvalue weighted by Gasteiger charge is 2.10. The Morgan fingerprint density at radius 3 is 2.56 bits per heavy atom. The smallest absolute Gasteiger partial charge is 0.292 e. The van der Waals surface area contributed by atoms with Crippen molar-refractivity contribution in [2.45, 2.75) is 0 Å².